The van der Waals surface area contributed by atoms with E-state index in [1.807, 2.05) is 12.1 Å². The van der Waals surface area contributed by atoms with Crippen molar-refractivity contribution >= 4 is 11.8 Å². The van der Waals surface area contributed by atoms with Gasteiger partial charge < -0.3 is 0 Å². The van der Waals surface area contributed by atoms with Gasteiger partial charge in [-0.15, -0.1) is 5.10 Å². The zero-order valence-corrected chi connectivity index (χ0v) is 14.4. The smallest absolute Gasteiger partial charge is 0.207 e. The Morgan fingerprint density at radius 3 is 2.23 bits per heavy atom. The number of thioether (sulfide) groups is 1. The third-order valence-electron chi connectivity index (χ3n) is 4.49. The van der Waals surface area contributed by atoms with Gasteiger partial charge in [-0.25, -0.2) is 4.39 Å². The van der Waals surface area contributed by atoms with Gasteiger partial charge in [0.2, 0.25) is 5.16 Å². The highest BCUT2D eigenvalue weighted by atomic mass is 32.2. The fraction of sp³-hybridized carbons (Fsp3) is 0.0500. The number of hydrogen-bond acceptors (Lipinski definition) is 4. The first-order chi connectivity index (χ1) is 12.8. The molecule has 0 saturated heterocycles. The van der Waals surface area contributed by atoms with E-state index in [1.165, 1.54) is 34.4 Å². The van der Waals surface area contributed by atoms with E-state index in [9.17, 15) is 4.39 Å². The molecule has 0 aliphatic heterocycles. The number of rotatable bonds is 3. The Hall–Kier alpha value is -2.99. The second-order valence-electron chi connectivity index (χ2n) is 6.03. The van der Waals surface area contributed by atoms with Crippen LogP contribution in [-0.4, -0.2) is 20.2 Å². The SMILES string of the molecule is Fc1cccc(-n2nnnc2SC2c3ccccc3-c3ccccc32)c1. The van der Waals surface area contributed by atoms with Crippen LogP contribution >= 0.6 is 11.8 Å². The molecule has 0 fully saturated rings. The molecule has 126 valence electrons. The number of benzene rings is 3. The van der Waals surface area contributed by atoms with E-state index in [-0.39, 0.29) is 11.1 Å². The minimum atomic E-state index is -0.314. The highest BCUT2D eigenvalue weighted by Crippen LogP contribution is 2.51. The lowest BCUT2D eigenvalue weighted by Crippen LogP contribution is -2.01. The summed E-state index contributed by atoms with van der Waals surface area (Å²) < 4.78 is 15.2. The number of tetrazole rings is 1. The maximum Gasteiger partial charge on any atom is 0.215 e. The molecule has 6 heteroatoms. The van der Waals surface area contributed by atoms with Crippen molar-refractivity contribution in [1.82, 2.24) is 20.2 Å². The molecule has 26 heavy (non-hydrogen) atoms. The molecule has 0 radical (unpaired) electrons. The van der Waals surface area contributed by atoms with E-state index in [0.717, 1.165) is 0 Å². The van der Waals surface area contributed by atoms with E-state index in [2.05, 4.69) is 51.9 Å². The number of nitrogens with zero attached hydrogens (tertiary/aromatic N) is 4. The fourth-order valence-electron chi connectivity index (χ4n) is 3.36. The lowest BCUT2D eigenvalue weighted by Gasteiger charge is -2.12. The molecule has 0 saturated carbocycles. The van der Waals surface area contributed by atoms with E-state index in [0.29, 0.717) is 10.8 Å². The van der Waals surface area contributed by atoms with Gasteiger partial charge in [-0.1, -0.05) is 66.4 Å². The largest absolute Gasteiger partial charge is 0.215 e. The van der Waals surface area contributed by atoms with Crippen molar-refractivity contribution < 1.29 is 4.39 Å². The fourth-order valence-corrected chi connectivity index (χ4v) is 4.57. The average Bonchev–Trinajstić information content (AvgIpc) is 3.26. The molecule has 1 aromatic heterocycles. The van der Waals surface area contributed by atoms with Crippen LogP contribution in [0.2, 0.25) is 0 Å². The van der Waals surface area contributed by atoms with Gasteiger partial charge >= 0.3 is 0 Å². The zero-order valence-electron chi connectivity index (χ0n) is 13.6. The maximum atomic E-state index is 13.6. The van der Waals surface area contributed by atoms with Crippen LogP contribution in [0.5, 0.6) is 0 Å². The molecular weight excluding hydrogens is 347 g/mol. The summed E-state index contributed by atoms with van der Waals surface area (Å²) in [6.07, 6.45) is 0. The molecule has 4 nitrogen and oxygen atoms in total. The molecule has 0 N–H and O–H groups in total. The van der Waals surface area contributed by atoms with Gasteiger partial charge in [0, 0.05) is 0 Å². The molecule has 0 unspecified atom stereocenters. The van der Waals surface area contributed by atoms with Crippen molar-refractivity contribution in [2.75, 3.05) is 0 Å². The highest BCUT2D eigenvalue weighted by Gasteiger charge is 2.30. The van der Waals surface area contributed by atoms with E-state index < -0.39 is 0 Å². The first-order valence-electron chi connectivity index (χ1n) is 8.20. The normalized spacial score (nSPS) is 12.8. The second-order valence-corrected chi connectivity index (χ2v) is 7.10. The van der Waals surface area contributed by atoms with Crippen molar-refractivity contribution in [2.24, 2.45) is 0 Å². The van der Waals surface area contributed by atoms with Crippen LogP contribution in [0.4, 0.5) is 4.39 Å². The summed E-state index contributed by atoms with van der Waals surface area (Å²) in [4.78, 5) is 0. The Morgan fingerprint density at radius 2 is 1.54 bits per heavy atom. The Bertz CT molecular complexity index is 1060. The molecule has 1 aliphatic rings. The topological polar surface area (TPSA) is 43.6 Å². The minimum absolute atomic E-state index is 0.0979. The maximum absolute atomic E-state index is 13.6. The summed E-state index contributed by atoms with van der Waals surface area (Å²) in [5, 5.41) is 12.8. The molecule has 4 aromatic rings. The molecule has 1 heterocycles. The summed E-state index contributed by atoms with van der Waals surface area (Å²) in [5.41, 5.74) is 5.58. The van der Waals surface area contributed by atoms with Gasteiger partial charge in [-0.05, 0) is 50.9 Å². The Balaban J connectivity index is 1.58. The van der Waals surface area contributed by atoms with Crippen molar-refractivity contribution in [3.63, 3.8) is 0 Å². The summed E-state index contributed by atoms with van der Waals surface area (Å²) in [6, 6.07) is 23.1. The van der Waals surface area contributed by atoms with Gasteiger partial charge in [-0.2, -0.15) is 4.68 Å². The lowest BCUT2D eigenvalue weighted by atomic mass is 10.1. The van der Waals surface area contributed by atoms with Crippen molar-refractivity contribution in [2.45, 2.75) is 10.4 Å². The Kier molecular flexibility index (Phi) is 3.57. The average molecular weight is 360 g/mol. The highest BCUT2D eigenvalue weighted by molar-refractivity contribution is 7.99. The van der Waals surface area contributed by atoms with Crippen LogP contribution in [0.1, 0.15) is 16.4 Å². The Labute approximate surface area is 153 Å². The van der Waals surface area contributed by atoms with E-state index in [4.69, 9.17) is 0 Å². The summed E-state index contributed by atoms with van der Waals surface area (Å²) >= 11 is 1.57. The van der Waals surface area contributed by atoms with Gasteiger partial charge in [0.25, 0.3) is 0 Å². The third-order valence-corrected chi connectivity index (χ3v) is 5.70. The van der Waals surface area contributed by atoms with Gasteiger partial charge in [-0.3, -0.25) is 0 Å². The minimum Gasteiger partial charge on any atom is -0.207 e. The summed E-state index contributed by atoms with van der Waals surface area (Å²) in [6.45, 7) is 0. The van der Waals surface area contributed by atoms with Crippen LogP contribution < -0.4 is 0 Å². The van der Waals surface area contributed by atoms with Crippen molar-refractivity contribution in [3.05, 3.63) is 89.7 Å². The van der Waals surface area contributed by atoms with Crippen LogP contribution in [0, 0.1) is 5.82 Å². The molecule has 1 aliphatic carbocycles. The molecule has 0 bridgehead atoms. The summed E-state index contributed by atoms with van der Waals surface area (Å²) in [5.74, 6) is -0.314. The molecule has 3 aromatic carbocycles. The van der Waals surface area contributed by atoms with Crippen molar-refractivity contribution in [1.29, 1.82) is 0 Å². The van der Waals surface area contributed by atoms with E-state index >= 15 is 0 Å². The number of fused-ring (bicyclic) bond motifs is 3. The molecule has 0 spiro atoms. The Morgan fingerprint density at radius 1 is 0.846 bits per heavy atom. The first kappa shape index (κ1) is 15.3. The third kappa shape index (κ3) is 2.42. The monoisotopic (exact) mass is 360 g/mol. The van der Waals surface area contributed by atoms with Gasteiger partial charge in [0.05, 0.1) is 10.9 Å². The first-order valence-corrected chi connectivity index (χ1v) is 9.08. The predicted octanol–water partition coefficient (Wildman–Crippen LogP) is 4.66. The van der Waals surface area contributed by atoms with Gasteiger partial charge in [0.15, 0.2) is 0 Å². The summed E-state index contributed by atoms with van der Waals surface area (Å²) in [7, 11) is 0. The number of halogens is 1. The van der Waals surface area contributed by atoms with Crippen LogP contribution in [0.3, 0.4) is 0 Å². The standard InChI is InChI=1S/C20H13FN4S/c21-13-6-5-7-14(12-13)25-20(22-23-24-25)26-19-17-10-3-1-8-15(17)16-9-2-4-11-18(16)19/h1-12,19H. The van der Waals surface area contributed by atoms with Crippen molar-refractivity contribution in [3.8, 4) is 16.8 Å². The van der Waals surface area contributed by atoms with Crippen LogP contribution in [-0.2, 0) is 0 Å². The van der Waals surface area contributed by atoms with Crippen LogP contribution in [0.25, 0.3) is 16.8 Å². The van der Waals surface area contributed by atoms with Crippen LogP contribution in [0.15, 0.2) is 78.0 Å². The van der Waals surface area contributed by atoms with Gasteiger partial charge in [0.1, 0.15) is 5.82 Å². The number of aromatic nitrogens is 4. The number of hydrogen-bond donors (Lipinski definition) is 0. The zero-order chi connectivity index (χ0) is 17.5. The lowest BCUT2D eigenvalue weighted by molar-refractivity contribution is 0.623. The molecule has 0 atom stereocenters. The second kappa shape index (κ2) is 6.07. The quantitative estimate of drug-likeness (QED) is 0.533. The molecule has 0 amide bonds. The van der Waals surface area contributed by atoms with E-state index in [1.54, 1.807) is 28.6 Å². The predicted molar refractivity (Wildman–Crippen MR) is 98.7 cm³/mol. The molecular formula is C20H13FN4S. The molecule has 5 rings (SSSR count).